The van der Waals surface area contributed by atoms with Gasteiger partial charge in [-0.2, -0.15) is 0 Å². The first-order valence-corrected chi connectivity index (χ1v) is 6.72. The molecule has 2 amide bonds. The highest BCUT2D eigenvalue weighted by molar-refractivity contribution is 5.80. The average molecular weight is 277 g/mol. The molecule has 20 heavy (non-hydrogen) atoms. The summed E-state index contributed by atoms with van der Waals surface area (Å²) in [7, 11) is 3.39. The van der Waals surface area contributed by atoms with Gasteiger partial charge in [-0.05, 0) is 5.56 Å². The highest BCUT2D eigenvalue weighted by atomic mass is 16.2. The molecule has 0 bridgehead atoms. The van der Waals surface area contributed by atoms with Crippen molar-refractivity contribution >= 4 is 11.8 Å². The van der Waals surface area contributed by atoms with E-state index in [1.807, 2.05) is 30.3 Å². The zero-order valence-electron chi connectivity index (χ0n) is 12.3. The number of amides is 2. The summed E-state index contributed by atoms with van der Waals surface area (Å²) in [5, 5.41) is 2.75. The van der Waals surface area contributed by atoms with Crippen LogP contribution in [0.1, 0.15) is 24.9 Å². The summed E-state index contributed by atoms with van der Waals surface area (Å²) >= 11 is 0. The molecule has 1 rings (SSSR count). The molecule has 0 aliphatic rings. The van der Waals surface area contributed by atoms with E-state index in [1.54, 1.807) is 21.0 Å². The van der Waals surface area contributed by atoms with E-state index in [0.717, 1.165) is 5.56 Å². The van der Waals surface area contributed by atoms with Crippen molar-refractivity contribution in [2.75, 3.05) is 20.6 Å². The second-order valence-corrected chi connectivity index (χ2v) is 5.05. The molecule has 0 fully saturated rings. The van der Waals surface area contributed by atoms with Crippen molar-refractivity contribution in [3.8, 4) is 0 Å². The van der Waals surface area contributed by atoms with Crippen LogP contribution in [-0.2, 0) is 9.59 Å². The number of carbonyl (C=O) groups excluding carboxylic acids is 2. The lowest BCUT2D eigenvalue weighted by Crippen LogP contribution is -2.37. The summed E-state index contributed by atoms with van der Waals surface area (Å²) in [6, 6.07) is 9.17. The highest BCUT2D eigenvalue weighted by Gasteiger charge is 2.21. The number of nitrogens with two attached hydrogens (primary N) is 1. The Balaban J connectivity index is 2.45. The molecule has 0 heterocycles. The lowest BCUT2D eigenvalue weighted by molar-refractivity contribution is -0.129. The predicted molar refractivity (Wildman–Crippen MR) is 78.9 cm³/mol. The number of hydrogen-bond donors (Lipinski definition) is 2. The molecule has 2 unspecified atom stereocenters. The number of nitrogens with one attached hydrogen (secondary N) is 1. The minimum absolute atomic E-state index is 0.00897. The average Bonchev–Trinajstić information content (AvgIpc) is 2.46. The Morgan fingerprint density at radius 3 is 2.40 bits per heavy atom. The first kappa shape index (κ1) is 16.2. The summed E-state index contributed by atoms with van der Waals surface area (Å²) in [5.41, 5.74) is 7.01. The van der Waals surface area contributed by atoms with Crippen LogP contribution in [0.25, 0.3) is 0 Å². The Hall–Kier alpha value is -1.88. The van der Waals surface area contributed by atoms with Gasteiger partial charge >= 0.3 is 0 Å². The minimum Gasteiger partial charge on any atom is -0.355 e. The predicted octanol–water partition coefficient (Wildman–Crippen LogP) is 0.917. The summed E-state index contributed by atoms with van der Waals surface area (Å²) in [6.45, 7) is 2.13. The van der Waals surface area contributed by atoms with Gasteiger partial charge in [0, 0.05) is 33.1 Å². The van der Waals surface area contributed by atoms with Crippen LogP contribution in [0.4, 0.5) is 0 Å². The van der Waals surface area contributed by atoms with E-state index in [9.17, 15) is 9.59 Å². The Labute approximate surface area is 120 Å². The topological polar surface area (TPSA) is 75.4 Å². The van der Waals surface area contributed by atoms with Gasteiger partial charge in [-0.15, -0.1) is 0 Å². The molecule has 0 aliphatic heterocycles. The summed E-state index contributed by atoms with van der Waals surface area (Å²) in [6.07, 6.45) is 0.298. The van der Waals surface area contributed by atoms with Gasteiger partial charge < -0.3 is 16.0 Å². The van der Waals surface area contributed by atoms with E-state index in [0.29, 0.717) is 13.0 Å². The van der Waals surface area contributed by atoms with E-state index >= 15 is 0 Å². The van der Waals surface area contributed by atoms with Crippen molar-refractivity contribution in [1.82, 2.24) is 10.2 Å². The summed E-state index contributed by atoms with van der Waals surface area (Å²) in [4.78, 5) is 24.9. The van der Waals surface area contributed by atoms with Gasteiger partial charge in [-0.1, -0.05) is 37.3 Å². The second kappa shape index (κ2) is 7.65. The number of hydrogen-bond acceptors (Lipinski definition) is 3. The molecule has 0 aromatic heterocycles. The fraction of sp³-hybridized carbons (Fsp3) is 0.467. The molecule has 0 aliphatic carbocycles. The normalized spacial score (nSPS) is 13.4. The maximum Gasteiger partial charge on any atom is 0.224 e. The standard InChI is InChI=1S/C15H23N3O2/c1-11(14(16)12-7-5-4-6-8-12)15(20)17-10-9-13(19)18(2)3/h4-8,11,14H,9-10,16H2,1-3H3,(H,17,20). The zero-order valence-corrected chi connectivity index (χ0v) is 12.3. The molecular weight excluding hydrogens is 254 g/mol. The molecule has 5 nitrogen and oxygen atoms in total. The third-order valence-electron chi connectivity index (χ3n) is 3.27. The Kier molecular flexibility index (Phi) is 6.18. The van der Waals surface area contributed by atoms with Crippen LogP contribution in [-0.4, -0.2) is 37.4 Å². The molecule has 3 N–H and O–H groups in total. The van der Waals surface area contributed by atoms with Crippen molar-refractivity contribution < 1.29 is 9.59 Å². The zero-order chi connectivity index (χ0) is 15.1. The van der Waals surface area contributed by atoms with Crippen LogP contribution in [0, 0.1) is 5.92 Å². The van der Waals surface area contributed by atoms with Crippen molar-refractivity contribution in [3.63, 3.8) is 0 Å². The third-order valence-corrected chi connectivity index (χ3v) is 3.27. The van der Waals surface area contributed by atoms with Crippen LogP contribution in [0.2, 0.25) is 0 Å². The van der Waals surface area contributed by atoms with Gasteiger partial charge in [0.05, 0.1) is 5.92 Å². The molecule has 0 saturated carbocycles. The quantitative estimate of drug-likeness (QED) is 0.812. The second-order valence-electron chi connectivity index (χ2n) is 5.05. The van der Waals surface area contributed by atoms with E-state index in [-0.39, 0.29) is 23.8 Å². The highest BCUT2D eigenvalue weighted by Crippen LogP contribution is 2.18. The Bertz CT molecular complexity index is 446. The van der Waals surface area contributed by atoms with Crippen molar-refractivity contribution in [2.45, 2.75) is 19.4 Å². The Morgan fingerprint density at radius 1 is 1.25 bits per heavy atom. The fourth-order valence-electron chi connectivity index (χ4n) is 1.80. The number of carbonyl (C=O) groups is 2. The first-order valence-electron chi connectivity index (χ1n) is 6.72. The van der Waals surface area contributed by atoms with Gasteiger partial charge in [0.15, 0.2) is 0 Å². The van der Waals surface area contributed by atoms with Gasteiger partial charge in [0.25, 0.3) is 0 Å². The van der Waals surface area contributed by atoms with E-state index in [1.165, 1.54) is 4.90 Å². The number of nitrogens with zero attached hydrogens (tertiary/aromatic N) is 1. The first-order chi connectivity index (χ1) is 9.43. The SMILES string of the molecule is CC(C(=O)NCCC(=O)N(C)C)C(N)c1ccccc1. The largest absolute Gasteiger partial charge is 0.355 e. The molecule has 110 valence electrons. The Morgan fingerprint density at radius 2 is 1.85 bits per heavy atom. The van der Waals surface area contributed by atoms with E-state index in [2.05, 4.69) is 5.32 Å². The van der Waals surface area contributed by atoms with Gasteiger partial charge in [-0.25, -0.2) is 0 Å². The molecule has 0 saturated heterocycles. The van der Waals surface area contributed by atoms with Gasteiger partial charge in [0.2, 0.25) is 11.8 Å². The molecule has 5 heteroatoms. The molecule has 2 atom stereocenters. The smallest absolute Gasteiger partial charge is 0.224 e. The lowest BCUT2D eigenvalue weighted by atomic mass is 9.95. The summed E-state index contributed by atoms with van der Waals surface area (Å²) < 4.78 is 0. The van der Waals surface area contributed by atoms with Crippen LogP contribution < -0.4 is 11.1 Å². The van der Waals surface area contributed by atoms with Crippen molar-refractivity contribution in [1.29, 1.82) is 0 Å². The molecule has 1 aromatic carbocycles. The minimum atomic E-state index is -0.347. The molecule has 0 spiro atoms. The molecule has 1 aromatic rings. The van der Waals surface area contributed by atoms with Crippen molar-refractivity contribution in [2.24, 2.45) is 11.7 Å². The van der Waals surface area contributed by atoms with Crippen LogP contribution in [0.15, 0.2) is 30.3 Å². The molecule has 0 radical (unpaired) electrons. The van der Waals surface area contributed by atoms with E-state index in [4.69, 9.17) is 5.73 Å². The third kappa shape index (κ3) is 4.66. The fourth-order valence-corrected chi connectivity index (χ4v) is 1.80. The number of benzene rings is 1. The van der Waals surface area contributed by atoms with Crippen LogP contribution in [0.3, 0.4) is 0 Å². The van der Waals surface area contributed by atoms with E-state index < -0.39 is 0 Å². The maximum absolute atomic E-state index is 12.0. The van der Waals surface area contributed by atoms with Crippen LogP contribution in [0.5, 0.6) is 0 Å². The number of rotatable bonds is 6. The van der Waals surface area contributed by atoms with Crippen LogP contribution >= 0.6 is 0 Å². The summed E-state index contributed by atoms with van der Waals surface area (Å²) in [5.74, 6) is -0.481. The van der Waals surface area contributed by atoms with Gasteiger partial charge in [0.1, 0.15) is 0 Å². The molecular formula is C15H23N3O2. The maximum atomic E-state index is 12.0. The van der Waals surface area contributed by atoms with Gasteiger partial charge in [-0.3, -0.25) is 9.59 Å². The monoisotopic (exact) mass is 277 g/mol. The van der Waals surface area contributed by atoms with Crippen molar-refractivity contribution in [3.05, 3.63) is 35.9 Å². The lowest BCUT2D eigenvalue weighted by Gasteiger charge is -2.20.